The molecule has 2 aromatic rings. The molecule has 0 aliphatic heterocycles. The Morgan fingerprint density at radius 2 is 2.17 bits per heavy atom. The minimum Gasteiger partial charge on any atom is -0.397 e. The molecule has 3 nitrogen and oxygen atoms in total. The van der Waals surface area contributed by atoms with Crippen molar-refractivity contribution in [3.8, 4) is 0 Å². The van der Waals surface area contributed by atoms with E-state index in [9.17, 15) is 4.39 Å². The Morgan fingerprint density at radius 1 is 1.33 bits per heavy atom. The number of nitrogen functional groups attached to an aromatic ring is 1. The molecule has 0 aliphatic carbocycles. The molecule has 94 valence electrons. The fourth-order valence-corrected chi connectivity index (χ4v) is 1.84. The third-order valence-electron chi connectivity index (χ3n) is 2.86. The molecule has 0 amide bonds. The zero-order chi connectivity index (χ0) is 13.0. The van der Waals surface area contributed by atoms with Gasteiger partial charge in [0.05, 0.1) is 11.4 Å². The summed E-state index contributed by atoms with van der Waals surface area (Å²) in [7, 11) is 1.94. The van der Waals surface area contributed by atoms with Crippen LogP contribution in [0.15, 0.2) is 42.7 Å². The minimum absolute atomic E-state index is 0.308. The fraction of sp³-hybridized carbons (Fsp3) is 0.214. The number of nitrogens with two attached hydrogens (primary N) is 1. The summed E-state index contributed by atoms with van der Waals surface area (Å²) in [5.74, 6) is -0.308. The molecule has 0 radical (unpaired) electrons. The van der Waals surface area contributed by atoms with E-state index in [1.807, 2.05) is 30.3 Å². The number of halogens is 1. The van der Waals surface area contributed by atoms with Crippen LogP contribution in [0.4, 0.5) is 15.8 Å². The molecule has 0 spiro atoms. The third-order valence-corrected chi connectivity index (χ3v) is 2.86. The molecular weight excluding hydrogens is 229 g/mol. The average Bonchev–Trinajstić information content (AvgIpc) is 2.37. The normalized spacial score (nSPS) is 10.3. The maximum Gasteiger partial charge on any atom is 0.125 e. The highest BCUT2D eigenvalue weighted by molar-refractivity contribution is 5.67. The molecule has 0 fully saturated rings. The molecule has 1 aromatic carbocycles. The van der Waals surface area contributed by atoms with Crippen molar-refractivity contribution in [2.45, 2.75) is 6.42 Å². The zero-order valence-corrected chi connectivity index (χ0v) is 10.3. The Balaban J connectivity index is 2.01. The number of anilines is 2. The zero-order valence-electron chi connectivity index (χ0n) is 10.3. The van der Waals surface area contributed by atoms with Gasteiger partial charge in [0.15, 0.2) is 0 Å². The second kappa shape index (κ2) is 5.49. The van der Waals surface area contributed by atoms with Crippen molar-refractivity contribution in [3.05, 3.63) is 54.1 Å². The van der Waals surface area contributed by atoms with E-state index >= 15 is 0 Å². The molecule has 18 heavy (non-hydrogen) atoms. The summed E-state index contributed by atoms with van der Waals surface area (Å²) in [5, 5.41) is 0. The molecule has 2 rings (SSSR count). The van der Waals surface area contributed by atoms with E-state index in [1.165, 1.54) is 17.7 Å². The van der Waals surface area contributed by atoms with Gasteiger partial charge in [0, 0.05) is 26.0 Å². The second-order valence-corrected chi connectivity index (χ2v) is 4.24. The largest absolute Gasteiger partial charge is 0.397 e. The highest BCUT2D eigenvalue weighted by Crippen LogP contribution is 2.22. The van der Waals surface area contributed by atoms with E-state index in [4.69, 9.17) is 5.73 Å². The number of hydrogen-bond donors (Lipinski definition) is 1. The van der Waals surface area contributed by atoms with Crippen LogP contribution >= 0.6 is 0 Å². The quantitative estimate of drug-likeness (QED) is 0.841. The SMILES string of the molecule is CN(CCc1cccnc1)c1ccc(F)cc1N. The Hall–Kier alpha value is -2.10. The average molecular weight is 245 g/mol. The van der Waals surface area contributed by atoms with Gasteiger partial charge in [-0.05, 0) is 36.2 Å². The molecule has 0 saturated carbocycles. The van der Waals surface area contributed by atoms with Crippen molar-refractivity contribution in [1.82, 2.24) is 4.98 Å². The minimum atomic E-state index is -0.308. The van der Waals surface area contributed by atoms with Crippen LogP contribution in [0.2, 0.25) is 0 Å². The van der Waals surface area contributed by atoms with E-state index in [0.717, 1.165) is 18.7 Å². The maximum absolute atomic E-state index is 13.0. The van der Waals surface area contributed by atoms with Gasteiger partial charge in [0.1, 0.15) is 5.82 Å². The number of benzene rings is 1. The summed E-state index contributed by atoms with van der Waals surface area (Å²) in [5.41, 5.74) is 8.28. The van der Waals surface area contributed by atoms with Crippen LogP contribution in [0.5, 0.6) is 0 Å². The lowest BCUT2D eigenvalue weighted by Crippen LogP contribution is -2.21. The second-order valence-electron chi connectivity index (χ2n) is 4.24. The van der Waals surface area contributed by atoms with Gasteiger partial charge in [-0.15, -0.1) is 0 Å². The number of rotatable bonds is 4. The van der Waals surface area contributed by atoms with Gasteiger partial charge in [0.25, 0.3) is 0 Å². The van der Waals surface area contributed by atoms with Crippen molar-refractivity contribution in [2.24, 2.45) is 0 Å². The van der Waals surface area contributed by atoms with Crippen LogP contribution in [0.25, 0.3) is 0 Å². The van der Waals surface area contributed by atoms with Crippen LogP contribution in [0.3, 0.4) is 0 Å². The smallest absolute Gasteiger partial charge is 0.125 e. The highest BCUT2D eigenvalue weighted by Gasteiger charge is 2.06. The molecule has 2 N–H and O–H groups in total. The van der Waals surface area contributed by atoms with Crippen LogP contribution < -0.4 is 10.6 Å². The van der Waals surface area contributed by atoms with Gasteiger partial charge in [-0.2, -0.15) is 0 Å². The highest BCUT2D eigenvalue weighted by atomic mass is 19.1. The van der Waals surface area contributed by atoms with Crippen LogP contribution in [-0.2, 0) is 6.42 Å². The van der Waals surface area contributed by atoms with Gasteiger partial charge in [0.2, 0.25) is 0 Å². The molecule has 0 unspecified atom stereocenters. The summed E-state index contributed by atoms with van der Waals surface area (Å²) in [6.07, 6.45) is 4.48. The van der Waals surface area contributed by atoms with Gasteiger partial charge in [-0.3, -0.25) is 4.98 Å². The van der Waals surface area contributed by atoms with Crippen molar-refractivity contribution in [1.29, 1.82) is 0 Å². The predicted octanol–water partition coefficient (Wildman–Crippen LogP) is 2.48. The number of aromatic nitrogens is 1. The first-order chi connectivity index (χ1) is 8.66. The molecule has 1 heterocycles. The molecule has 0 bridgehead atoms. The summed E-state index contributed by atoms with van der Waals surface area (Å²) < 4.78 is 13.0. The first-order valence-corrected chi connectivity index (χ1v) is 5.82. The van der Waals surface area contributed by atoms with Crippen molar-refractivity contribution in [3.63, 3.8) is 0 Å². The third kappa shape index (κ3) is 2.97. The topological polar surface area (TPSA) is 42.2 Å². The fourth-order valence-electron chi connectivity index (χ4n) is 1.84. The lowest BCUT2D eigenvalue weighted by Gasteiger charge is -2.21. The van der Waals surface area contributed by atoms with Crippen LogP contribution in [0, 0.1) is 5.82 Å². The first-order valence-electron chi connectivity index (χ1n) is 5.82. The van der Waals surface area contributed by atoms with Gasteiger partial charge in [-0.1, -0.05) is 6.07 Å². The molecule has 0 aliphatic rings. The maximum atomic E-state index is 13.0. The van der Waals surface area contributed by atoms with Crippen LogP contribution in [-0.4, -0.2) is 18.6 Å². The van der Waals surface area contributed by atoms with Crippen molar-refractivity contribution in [2.75, 3.05) is 24.2 Å². The van der Waals surface area contributed by atoms with E-state index in [0.29, 0.717) is 5.69 Å². The number of pyridine rings is 1. The molecular formula is C14H16FN3. The lowest BCUT2D eigenvalue weighted by molar-refractivity contribution is 0.628. The molecule has 0 atom stereocenters. The lowest BCUT2D eigenvalue weighted by atomic mass is 10.2. The predicted molar refractivity (Wildman–Crippen MR) is 72.0 cm³/mol. The van der Waals surface area contributed by atoms with E-state index < -0.39 is 0 Å². The monoisotopic (exact) mass is 245 g/mol. The van der Waals surface area contributed by atoms with E-state index in [2.05, 4.69) is 4.98 Å². The van der Waals surface area contributed by atoms with E-state index in [1.54, 1.807) is 12.3 Å². The standard InChI is InChI=1S/C14H16FN3/c1-18(8-6-11-3-2-7-17-10-11)14-5-4-12(15)9-13(14)16/h2-5,7,9-10H,6,8,16H2,1H3. The van der Waals surface area contributed by atoms with Gasteiger partial charge >= 0.3 is 0 Å². The van der Waals surface area contributed by atoms with Gasteiger partial charge < -0.3 is 10.6 Å². The Bertz CT molecular complexity index is 514. The van der Waals surface area contributed by atoms with Crippen molar-refractivity contribution >= 4 is 11.4 Å². The van der Waals surface area contributed by atoms with E-state index in [-0.39, 0.29) is 5.82 Å². The summed E-state index contributed by atoms with van der Waals surface area (Å²) >= 11 is 0. The Morgan fingerprint density at radius 3 is 2.83 bits per heavy atom. The number of nitrogens with zero attached hydrogens (tertiary/aromatic N) is 2. The Labute approximate surface area is 106 Å². The number of hydrogen-bond acceptors (Lipinski definition) is 3. The molecule has 1 aromatic heterocycles. The molecule has 0 saturated heterocycles. The number of likely N-dealkylation sites (N-methyl/N-ethyl adjacent to an activating group) is 1. The van der Waals surface area contributed by atoms with Crippen molar-refractivity contribution < 1.29 is 4.39 Å². The summed E-state index contributed by atoms with van der Waals surface area (Å²) in [6, 6.07) is 8.42. The van der Waals surface area contributed by atoms with Gasteiger partial charge in [-0.25, -0.2) is 4.39 Å². The summed E-state index contributed by atoms with van der Waals surface area (Å²) in [4.78, 5) is 6.09. The first kappa shape index (κ1) is 12.4. The Kier molecular flexibility index (Phi) is 3.77. The van der Waals surface area contributed by atoms with Crippen LogP contribution in [0.1, 0.15) is 5.56 Å². The summed E-state index contributed by atoms with van der Waals surface area (Å²) in [6.45, 7) is 0.807. The molecule has 4 heteroatoms.